The minimum atomic E-state index is -3.60. The third kappa shape index (κ3) is 3.61. The second kappa shape index (κ2) is 7.35. The molecule has 0 aliphatic carbocycles. The van der Waals surface area contributed by atoms with Crippen LogP contribution >= 0.6 is 11.3 Å². The third-order valence-corrected chi connectivity index (χ3v) is 7.23. The molecule has 0 atom stereocenters. The second-order valence-corrected chi connectivity index (χ2v) is 9.07. The van der Waals surface area contributed by atoms with E-state index in [1.54, 1.807) is 11.3 Å². The fourth-order valence-corrected chi connectivity index (χ4v) is 5.48. The van der Waals surface area contributed by atoms with E-state index in [1.165, 1.54) is 0 Å². The van der Waals surface area contributed by atoms with E-state index in [9.17, 15) is 8.42 Å². The van der Waals surface area contributed by atoms with Crippen LogP contribution in [0, 0.1) is 27.7 Å². The van der Waals surface area contributed by atoms with Gasteiger partial charge in [-0.1, -0.05) is 30.3 Å². The van der Waals surface area contributed by atoms with E-state index in [2.05, 4.69) is 16.2 Å². The maximum absolute atomic E-state index is 13.0. The molecular weight excluding hydrogens is 362 g/mol. The highest BCUT2D eigenvalue weighted by atomic mass is 32.2. The molecule has 0 aliphatic heterocycles. The van der Waals surface area contributed by atoms with Gasteiger partial charge < -0.3 is 0 Å². The van der Waals surface area contributed by atoms with Crippen molar-refractivity contribution in [2.75, 3.05) is 0 Å². The molecule has 0 bridgehead atoms. The van der Waals surface area contributed by atoms with Crippen LogP contribution in [-0.2, 0) is 16.6 Å². The molecule has 0 unspecified atom stereocenters. The van der Waals surface area contributed by atoms with Crippen molar-refractivity contribution in [1.29, 1.82) is 0 Å². The van der Waals surface area contributed by atoms with Gasteiger partial charge in [-0.3, -0.25) is 0 Å². The Labute approximate surface area is 159 Å². The number of nitrogens with one attached hydrogen (secondary N) is 1. The monoisotopic (exact) mass is 385 g/mol. The molecule has 1 N–H and O–H groups in total. The lowest BCUT2D eigenvalue weighted by Gasteiger charge is -2.17. The third-order valence-electron chi connectivity index (χ3n) is 4.87. The van der Waals surface area contributed by atoms with Gasteiger partial charge in [-0.25, -0.2) is 13.1 Å². The van der Waals surface area contributed by atoms with Crippen LogP contribution in [0.4, 0.5) is 0 Å². The first-order valence-electron chi connectivity index (χ1n) is 8.49. The first-order chi connectivity index (χ1) is 12.3. The summed E-state index contributed by atoms with van der Waals surface area (Å²) in [6, 6.07) is 12.0. The van der Waals surface area contributed by atoms with Crippen molar-refractivity contribution >= 4 is 21.4 Å². The highest BCUT2D eigenvalue weighted by Crippen LogP contribution is 2.28. The van der Waals surface area contributed by atoms with Crippen LogP contribution in [0.5, 0.6) is 0 Å². The highest BCUT2D eigenvalue weighted by Gasteiger charge is 2.22. The minimum absolute atomic E-state index is 0.264. The molecule has 0 saturated heterocycles. The van der Waals surface area contributed by atoms with Gasteiger partial charge in [0.05, 0.1) is 4.90 Å². The summed E-state index contributed by atoms with van der Waals surface area (Å²) in [5.74, 6) is 0. The normalized spacial score (nSPS) is 11.7. The van der Waals surface area contributed by atoms with Gasteiger partial charge in [0.1, 0.15) is 0 Å². The summed E-state index contributed by atoms with van der Waals surface area (Å²) in [5, 5.41) is 4.10. The fourth-order valence-electron chi connectivity index (χ4n) is 3.20. The van der Waals surface area contributed by atoms with E-state index in [-0.39, 0.29) is 6.54 Å². The van der Waals surface area contributed by atoms with Gasteiger partial charge in [0.2, 0.25) is 10.0 Å². The number of benzene rings is 2. The first-order valence-corrected chi connectivity index (χ1v) is 10.9. The van der Waals surface area contributed by atoms with E-state index >= 15 is 0 Å². The lowest BCUT2D eigenvalue weighted by Crippen LogP contribution is -2.25. The van der Waals surface area contributed by atoms with Crippen molar-refractivity contribution < 1.29 is 8.42 Å². The van der Waals surface area contributed by atoms with Gasteiger partial charge in [-0.15, -0.1) is 0 Å². The van der Waals surface area contributed by atoms with Crippen molar-refractivity contribution in [2.45, 2.75) is 39.1 Å². The highest BCUT2D eigenvalue weighted by molar-refractivity contribution is 7.89. The lowest BCUT2D eigenvalue weighted by molar-refractivity contribution is 0.580. The Morgan fingerprint density at radius 2 is 1.62 bits per heavy atom. The average Bonchev–Trinajstić information content (AvgIpc) is 3.13. The molecule has 0 saturated carbocycles. The molecule has 0 amide bonds. The molecule has 3 aromatic rings. The number of hydrogen-bond donors (Lipinski definition) is 1. The van der Waals surface area contributed by atoms with Gasteiger partial charge in [0.25, 0.3) is 0 Å². The Kier molecular flexibility index (Phi) is 5.32. The number of aryl methyl sites for hydroxylation is 2. The van der Waals surface area contributed by atoms with Crippen LogP contribution in [0.1, 0.15) is 27.8 Å². The average molecular weight is 386 g/mol. The predicted molar refractivity (Wildman–Crippen MR) is 109 cm³/mol. The van der Waals surface area contributed by atoms with Crippen molar-refractivity contribution in [3.05, 3.63) is 75.0 Å². The van der Waals surface area contributed by atoms with Crippen LogP contribution < -0.4 is 4.72 Å². The second-order valence-electron chi connectivity index (χ2n) is 6.58. The molecule has 0 radical (unpaired) electrons. The summed E-state index contributed by atoms with van der Waals surface area (Å²) < 4.78 is 28.9. The Bertz CT molecular complexity index is 1010. The smallest absolute Gasteiger partial charge is 0.207 e. The number of hydrogen-bond acceptors (Lipinski definition) is 3. The Balaban J connectivity index is 1.94. The van der Waals surface area contributed by atoms with Crippen LogP contribution in [0.25, 0.3) is 11.1 Å². The van der Waals surface area contributed by atoms with Crippen LogP contribution in [0.3, 0.4) is 0 Å². The summed E-state index contributed by atoms with van der Waals surface area (Å²) in [6.45, 7) is 7.91. The van der Waals surface area contributed by atoms with Gasteiger partial charge >= 0.3 is 0 Å². The van der Waals surface area contributed by atoms with Crippen molar-refractivity contribution in [1.82, 2.24) is 4.72 Å². The molecule has 3 rings (SSSR count). The molecule has 2 aromatic carbocycles. The SMILES string of the molecule is Cc1cc(C)c(C)c(S(=O)(=O)NCc2ccccc2-c2ccsc2)c1C. The standard InChI is InChI=1S/C21H23NO2S2/c1-14-11-15(2)17(4)21(16(14)3)26(23,24)22-12-18-7-5-6-8-20(18)19-9-10-25-13-19/h5-11,13,22H,12H2,1-4H3. The van der Waals surface area contributed by atoms with Gasteiger partial charge in [0, 0.05) is 6.54 Å². The van der Waals surface area contributed by atoms with Crippen molar-refractivity contribution in [3.8, 4) is 11.1 Å². The maximum atomic E-state index is 13.0. The molecule has 0 fully saturated rings. The first kappa shape index (κ1) is 18.8. The Morgan fingerprint density at radius 1 is 0.962 bits per heavy atom. The molecule has 1 heterocycles. The molecule has 5 heteroatoms. The maximum Gasteiger partial charge on any atom is 0.241 e. The molecule has 3 nitrogen and oxygen atoms in total. The summed E-state index contributed by atoms with van der Waals surface area (Å²) in [5.41, 5.74) is 6.75. The molecule has 136 valence electrons. The van der Waals surface area contributed by atoms with E-state index < -0.39 is 10.0 Å². The molecule has 26 heavy (non-hydrogen) atoms. The van der Waals surface area contributed by atoms with Gasteiger partial charge in [-0.05, 0) is 83.5 Å². The van der Waals surface area contributed by atoms with Gasteiger partial charge in [-0.2, -0.15) is 11.3 Å². The minimum Gasteiger partial charge on any atom is -0.207 e. The summed E-state index contributed by atoms with van der Waals surface area (Å²) in [7, 11) is -3.60. The zero-order valence-corrected chi connectivity index (χ0v) is 17.1. The Morgan fingerprint density at radius 3 is 2.23 bits per heavy atom. The van der Waals surface area contributed by atoms with Gasteiger partial charge in [0.15, 0.2) is 0 Å². The van der Waals surface area contributed by atoms with E-state index in [0.717, 1.165) is 38.9 Å². The number of rotatable bonds is 5. The van der Waals surface area contributed by atoms with E-state index in [4.69, 9.17) is 0 Å². The predicted octanol–water partition coefficient (Wildman–Crippen LogP) is 5.13. The number of sulfonamides is 1. The fraction of sp³-hybridized carbons (Fsp3) is 0.238. The van der Waals surface area contributed by atoms with Crippen molar-refractivity contribution in [3.63, 3.8) is 0 Å². The molecule has 0 aliphatic rings. The topological polar surface area (TPSA) is 46.2 Å². The molecular formula is C21H23NO2S2. The van der Waals surface area contributed by atoms with Crippen LogP contribution in [-0.4, -0.2) is 8.42 Å². The quantitative estimate of drug-likeness (QED) is 0.662. The van der Waals surface area contributed by atoms with Crippen LogP contribution in [0.15, 0.2) is 52.1 Å². The zero-order valence-electron chi connectivity index (χ0n) is 15.5. The summed E-state index contributed by atoms with van der Waals surface area (Å²) >= 11 is 1.63. The van der Waals surface area contributed by atoms with E-state index in [0.29, 0.717) is 4.90 Å². The molecule has 0 spiro atoms. The zero-order chi connectivity index (χ0) is 18.9. The summed E-state index contributed by atoms with van der Waals surface area (Å²) in [4.78, 5) is 0.406. The largest absolute Gasteiger partial charge is 0.241 e. The van der Waals surface area contributed by atoms with Crippen molar-refractivity contribution in [2.24, 2.45) is 0 Å². The molecule has 1 aromatic heterocycles. The summed E-state index contributed by atoms with van der Waals surface area (Å²) in [6.07, 6.45) is 0. The van der Waals surface area contributed by atoms with Crippen LogP contribution in [0.2, 0.25) is 0 Å². The van der Waals surface area contributed by atoms with E-state index in [1.807, 2.05) is 63.4 Å². The Hall–Kier alpha value is -1.95. The lowest BCUT2D eigenvalue weighted by atomic mass is 10.0. The number of thiophene rings is 1.